The predicted octanol–water partition coefficient (Wildman–Crippen LogP) is 3.82. The van der Waals surface area contributed by atoms with Gasteiger partial charge >= 0.3 is 0 Å². The molecule has 0 bridgehead atoms. The van der Waals surface area contributed by atoms with Crippen molar-refractivity contribution in [1.29, 1.82) is 0 Å². The average Bonchev–Trinajstić information content (AvgIpc) is 3.02. The van der Waals surface area contributed by atoms with Crippen LogP contribution in [0.1, 0.15) is 23.6 Å². The largest absolute Gasteiger partial charge is 0.351 e. The molecule has 0 aliphatic carbocycles. The maximum absolute atomic E-state index is 12.5. The van der Waals surface area contributed by atoms with Crippen LogP contribution in [0.25, 0.3) is 12.2 Å². The summed E-state index contributed by atoms with van der Waals surface area (Å²) in [5.74, 6) is -0.846. The molecular formula is C24H23N3O4S. The van der Waals surface area contributed by atoms with Crippen LogP contribution in [0.15, 0.2) is 59.5 Å². The minimum atomic E-state index is -0.357. The minimum Gasteiger partial charge on any atom is -0.351 e. The maximum Gasteiger partial charge on any atom is 0.293 e. The number of carbonyl (C=O) groups excluding carboxylic acids is 4. The molecule has 2 N–H and O–H groups in total. The van der Waals surface area contributed by atoms with E-state index in [1.54, 1.807) is 36.4 Å². The summed E-state index contributed by atoms with van der Waals surface area (Å²) < 4.78 is 0. The molecule has 2 aromatic carbocycles. The fourth-order valence-corrected chi connectivity index (χ4v) is 3.77. The number of thioether (sulfide) groups is 1. The summed E-state index contributed by atoms with van der Waals surface area (Å²) in [5.41, 5.74) is 3.43. The number of hydrogen-bond acceptors (Lipinski definition) is 5. The van der Waals surface area contributed by atoms with Crippen LogP contribution < -0.4 is 10.6 Å². The van der Waals surface area contributed by atoms with Gasteiger partial charge in [0.2, 0.25) is 11.8 Å². The molecule has 4 amide bonds. The third-order valence-electron chi connectivity index (χ3n) is 4.54. The van der Waals surface area contributed by atoms with Gasteiger partial charge in [-0.2, -0.15) is 0 Å². The zero-order chi connectivity index (χ0) is 23.1. The molecule has 1 saturated heterocycles. The zero-order valence-corrected chi connectivity index (χ0v) is 18.6. The SMILES string of the molecule is CC(=O)Nc1ccc(/C=C/C(=O)NCCN2C(=O)S/C(=C\c3ccc(C)cc3)C2=O)cc1. The Morgan fingerprint density at radius 1 is 1.00 bits per heavy atom. The molecule has 2 aromatic rings. The number of imide groups is 1. The van der Waals surface area contributed by atoms with Gasteiger partial charge in [0.15, 0.2) is 0 Å². The van der Waals surface area contributed by atoms with Gasteiger partial charge in [0, 0.05) is 31.8 Å². The molecule has 1 heterocycles. The van der Waals surface area contributed by atoms with E-state index in [2.05, 4.69) is 10.6 Å². The Hall–Kier alpha value is -3.65. The normalized spacial score (nSPS) is 14.9. The number of nitrogens with one attached hydrogen (secondary N) is 2. The number of hydrogen-bond donors (Lipinski definition) is 2. The van der Waals surface area contributed by atoms with Crippen molar-refractivity contribution < 1.29 is 19.2 Å². The first-order valence-electron chi connectivity index (χ1n) is 9.97. The van der Waals surface area contributed by atoms with Crippen LogP contribution in [0.2, 0.25) is 0 Å². The fourth-order valence-electron chi connectivity index (χ4n) is 2.91. The van der Waals surface area contributed by atoms with Crippen molar-refractivity contribution in [1.82, 2.24) is 10.2 Å². The van der Waals surface area contributed by atoms with E-state index >= 15 is 0 Å². The number of anilines is 1. The molecule has 0 atom stereocenters. The van der Waals surface area contributed by atoms with Crippen LogP contribution in [0.4, 0.5) is 10.5 Å². The molecule has 8 heteroatoms. The Morgan fingerprint density at radius 2 is 1.66 bits per heavy atom. The van der Waals surface area contributed by atoms with Gasteiger partial charge in [0.05, 0.1) is 4.91 Å². The van der Waals surface area contributed by atoms with Crippen LogP contribution in [0.5, 0.6) is 0 Å². The molecule has 0 spiro atoms. The molecule has 32 heavy (non-hydrogen) atoms. The van der Waals surface area contributed by atoms with E-state index in [0.29, 0.717) is 10.6 Å². The standard InChI is InChI=1S/C24H23N3O4S/c1-16-3-5-19(6-4-16)15-21-23(30)27(24(31)32-21)14-13-25-22(29)12-9-18-7-10-20(11-8-18)26-17(2)28/h3-12,15H,13-14H2,1-2H3,(H,25,29)(H,26,28)/b12-9+,21-15-. The van der Waals surface area contributed by atoms with E-state index < -0.39 is 0 Å². The Kier molecular flexibility index (Phi) is 7.62. The second-order valence-corrected chi connectivity index (χ2v) is 8.16. The van der Waals surface area contributed by atoms with Crippen LogP contribution in [0, 0.1) is 6.92 Å². The van der Waals surface area contributed by atoms with Crippen LogP contribution in [0.3, 0.4) is 0 Å². The minimum absolute atomic E-state index is 0.0981. The Bertz CT molecular complexity index is 1090. The summed E-state index contributed by atoms with van der Waals surface area (Å²) in [6.07, 6.45) is 4.71. The molecule has 3 rings (SSSR count). The first-order valence-corrected chi connectivity index (χ1v) is 10.8. The summed E-state index contributed by atoms with van der Waals surface area (Å²) in [6, 6.07) is 14.7. The molecule has 0 unspecified atom stereocenters. The topological polar surface area (TPSA) is 95.6 Å². The van der Waals surface area contributed by atoms with E-state index in [9.17, 15) is 19.2 Å². The van der Waals surface area contributed by atoms with Crippen molar-refractivity contribution in [2.75, 3.05) is 18.4 Å². The number of rotatable bonds is 7. The lowest BCUT2D eigenvalue weighted by atomic mass is 10.1. The lowest BCUT2D eigenvalue weighted by Crippen LogP contribution is -2.36. The summed E-state index contributed by atoms with van der Waals surface area (Å²) in [7, 11) is 0. The maximum atomic E-state index is 12.5. The molecule has 0 saturated carbocycles. The van der Waals surface area contributed by atoms with E-state index in [1.807, 2.05) is 31.2 Å². The highest BCUT2D eigenvalue weighted by atomic mass is 32.2. The third-order valence-corrected chi connectivity index (χ3v) is 5.45. The number of benzene rings is 2. The predicted molar refractivity (Wildman–Crippen MR) is 127 cm³/mol. The molecule has 164 valence electrons. The molecular weight excluding hydrogens is 426 g/mol. The first-order chi connectivity index (χ1) is 15.3. The molecule has 1 fully saturated rings. The van der Waals surface area contributed by atoms with Gasteiger partial charge < -0.3 is 10.6 Å². The van der Waals surface area contributed by atoms with Crippen LogP contribution in [-0.2, 0) is 14.4 Å². The Labute approximate surface area is 190 Å². The highest BCUT2D eigenvalue weighted by molar-refractivity contribution is 8.18. The summed E-state index contributed by atoms with van der Waals surface area (Å²) in [6.45, 7) is 3.66. The van der Waals surface area contributed by atoms with E-state index in [-0.39, 0.29) is 36.1 Å². The van der Waals surface area contributed by atoms with Gasteiger partial charge in [-0.05, 0) is 54.1 Å². The average molecular weight is 450 g/mol. The van der Waals surface area contributed by atoms with Gasteiger partial charge in [0.25, 0.3) is 11.1 Å². The van der Waals surface area contributed by atoms with Crippen LogP contribution in [-0.4, -0.2) is 41.0 Å². The van der Waals surface area contributed by atoms with Gasteiger partial charge in [-0.1, -0.05) is 42.0 Å². The van der Waals surface area contributed by atoms with Crippen LogP contribution >= 0.6 is 11.8 Å². The lowest BCUT2D eigenvalue weighted by molar-refractivity contribution is -0.123. The molecule has 7 nitrogen and oxygen atoms in total. The fraction of sp³-hybridized carbons (Fsp3) is 0.167. The van der Waals surface area contributed by atoms with E-state index in [1.165, 1.54) is 13.0 Å². The monoisotopic (exact) mass is 449 g/mol. The number of amides is 4. The number of carbonyl (C=O) groups is 4. The van der Waals surface area contributed by atoms with Crippen molar-refractivity contribution in [2.45, 2.75) is 13.8 Å². The Morgan fingerprint density at radius 3 is 2.31 bits per heavy atom. The van der Waals surface area contributed by atoms with Gasteiger partial charge in [-0.25, -0.2) is 0 Å². The van der Waals surface area contributed by atoms with E-state index in [0.717, 1.165) is 33.4 Å². The highest BCUT2D eigenvalue weighted by Crippen LogP contribution is 2.31. The molecule has 1 aliphatic heterocycles. The van der Waals surface area contributed by atoms with Crippen molar-refractivity contribution in [2.24, 2.45) is 0 Å². The van der Waals surface area contributed by atoms with Crippen molar-refractivity contribution in [3.05, 3.63) is 76.2 Å². The number of aryl methyl sites for hydroxylation is 1. The zero-order valence-electron chi connectivity index (χ0n) is 17.8. The second-order valence-electron chi connectivity index (χ2n) is 7.17. The van der Waals surface area contributed by atoms with E-state index in [4.69, 9.17) is 0 Å². The summed E-state index contributed by atoms with van der Waals surface area (Å²) in [4.78, 5) is 49.3. The lowest BCUT2D eigenvalue weighted by Gasteiger charge is -2.12. The van der Waals surface area contributed by atoms with Crippen molar-refractivity contribution in [3.8, 4) is 0 Å². The van der Waals surface area contributed by atoms with Crippen molar-refractivity contribution in [3.63, 3.8) is 0 Å². The van der Waals surface area contributed by atoms with Gasteiger partial charge in [-0.3, -0.25) is 24.1 Å². The second kappa shape index (κ2) is 10.6. The number of nitrogens with zero attached hydrogens (tertiary/aromatic N) is 1. The van der Waals surface area contributed by atoms with Gasteiger partial charge in [-0.15, -0.1) is 0 Å². The smallest absolute Gasteiger partial charge is 0.293 e. The third kappa shape index (κ3) is 6.42. The molecule has 0 aromatic heterocycles. The molecule has 1 aliphatic rings. The quantitative estimate of drug-likeness (QED) is 0.627. The first kappa shape index (κ1) is 23.0. The summed E-state index contributed by atoms with van der Waals surface area (Å²) in [5, 5.41) is 4.99. The van der Waals surface area contributed by atoms with Crippen molar-refractivity contribution >= 4 is 52.6 Å². The summed E-state index contributed by atoms with van der Waals surface area (Å²) >= 11 is 0.898. The Balaban J connectivity index is 1.49. The molecule has 0 radical (unpaired) electrons. The highest BCUT2D eigenvalue weighted by Gasteiger charge is 2.34. The van der Waals surface area contributed by atoms with Gasteiger partial charge in [0.1, 0.15) is 0 Å².